The van der Waals surface area contributed by atoms with E-state index in [-0.39, 0.29) is 12.1 Å². The van der Waals surface area contributed by atoms with Crippen molar-refractivity contribution in [3.63, 3.8) is 0 Å². The summed E-state index contributed by atoms with van der Waals surface area (Å²) in [6.45, 7) is 6.53. The van der Waals surface area contributed by atoms with Crippen LogP contribution < -0.4 is 10.6 Å². The molecule has 0 aromatic rings. The van der Waals surface area contributed by atoms with Crippen LogP contribution in [0, 0.1) is 0 Å². The van der Waals surface area contributed by atoms with Crippen LogP contribution in [0.3, 0.4) is 0 Å². The van der Waals surface area contributed by atoms with E-state index in [4.69, 9.17) is 4.74 Å². The first kappa shape index (κ1) is 12.7. The molecule has 1 saturated carbocycles. The predicted molar refractivity (Wildman–Crippen MR) is 67.0 cm³/mol. The molecular formula is C13H24N2O2. The van der Waals surface area contributed by atoms with Gasteiger partial charge in [-0.3, -0.25) is 0 Å². The molecule has 1 heterocycles. The minimum Gasteiger partial charge on any atom is -0.444 e. The number of ether oxygens (including phenoxy) is 1. The minimum atomic E-state index is -0.416. The molecule has 1 spiro atoms. The first-order valence-corrected chi connectivity index (χ1v) is 6.63. The average molecular weight is 240 g/mol. The molecule has 98 valence electrons. The van der Waals surface area contributed by atoms with Crippen LogP contribution >= 0.6 is 0 Å². The van der Waals surface area contributed by atoms with Crippen LogP contribution in [0.25, 0.3) is 0 Å². The highest BCUT2D eigenvalue weighted by atomic mass is 16.6. The number of carbonyl (C=O) groups is 1. The van der Waals surface area contributed by atoms with Gasteiger partial charge in [0.2, 0.25) is 0 Å². The van der Waals surface area contributed by atoms with Crippen molar-refractivity contribution in [2.75, 3.05) is 6.54 Å². The first-order chi connectivity index (χ1) is 7.89. The van der Waals surface area contributed by atoms with E-state index in [1.807, 2.05) is 20.8 Å². The lowest BCUT2D eigenvalue weighted by Crippen LogP contribution is -2.40. The van der Waals surface area contributed by atoms with Gasteiger partial charge in [0.15, 0.2) is 0 Å². The summed E-state index contributed by atoms with van der Waals surface area (Å²) in [5, 5.41) is 6.54. The van der Waals surface area contributed by atoms with Crippen molar-refractivity contribution in [3.05, 3.63) is 0 Å². The maximum absolute atomic E-state index is 11.7. The fourth-order valence-corrected chi connectivity index (χ4v) is 2.96. The van der Waals surface area contributed by atoms with E-state index in [1.165, 1.54) is 25.7 Å². The van der Waals surface area contributed by atoms with Crippen LogP contribution in [0.5, 0.6) is 0 Å². The zero-order valence-electron chi connectivity index (χ0n) is 11.1. The van der Waals surface area contributed by atoms with Crippen LogP contribution in [0.2, 0.25) is 0 Å². The summed E-state index contributed by atoms with van der Waals surface area (Å²) in [6, 6.07) is 0.225. The smallest absolute Gasteiger partial charge is 0.407 e. The Morgan fingerprint density at radius 3 is 2.59 bits per heavy atom. The van der Waals surface area contributed by atoms with Crippen LogP contribution in [0.15, 0.2) is 0 Å². The summed E-state index contributed by atoms with van der Waals surface area (Å²) in [5.41, 5.74) is -0.110. The lowest BCUT2D eigenvalue weighted by molar-refractivity contribution is 0.0507. The summed E-state index contributed by atoms with van der Waals surface area (Å²) < 4.78 is 5.27. The first-order valence-electron chi connectivity index (χ1n) is 6.63. The molecule has 1 atom stereocenters. The average Bonchev–Trinajstić information content (AvgIpc) is 2.75. The second kappa shape index (κ2) is 4.48. The molecule has 4 nitrogen and oxygen atoms in total. The van der Waals surface area contributed by atoms with Crippen LogP contribution in [-0.2, 0) is 4.74 Å². The number of carbonyl (C=O) groups excluding carboxylic acids is 1. The van der Waals surface area contributed by atoms with E-state index in [0.29, 0.717) is 5.54 Å². The summed E-state index contributed by atoms with van der Waals surface area (Å²) in [4.78, 5) is 11.7. The molecule has 0 aromatic carbocycles. The largest absolute Gasteiger partial charge is 0.444 e. The molecule has 1 amide bonds. The van der Waals surface area contributed by atoms with E-state index in [9.17, 15) is 4.79 Å². The maximum atomic E-state index is 11.7. The summed E-state index contributed by atoms with van der Waals surface area (Å²) in [5.74, 6) is 0. The lowest BCUT2D eigenvalue weighted by atomic mass is 9.94. The highest BCUT2D eigenvalue weighted by molar-refractivity contribution is 5.68. The third-order valence-corrected chi connectivity index (χ3v) is 3.64. The normalized spacial score (nSPS) is 27.4. The fraction of sp³-hybridized carbons (Fsp3) is 0.923. The Labute approximate surface area is 103 Å². The van der Waals surface area contributed by atoms with Gasteiger partial charge in [0.05, 0.1) is 0 Å². The van der Waals surface area contributed by atoms with Gasteiger partial charge in [-0.15, -0.1) is 0 Å². The number of rotatable bonds is 1. The maximum Gasteiger partial charge on any atom is 0.407 e. The fourth-order valence-electron chi connectivity index (χ4n) is 2.96. The number of amides is 1. The van der Waals surface area contributed by atoms with Crippen molar-refractivity contribution in [3.8, 4) is 0 Å². The molecule has 2 fully saturated rings. The topological polar surface area (TPSA) is 50.4 Å². The minimum absolute atomic E-state index is 0.225. The standard InChI is InChI=1S/C13H24N2O2/c1-12(2,3)17-11(16)15-10-8-13(14-9-10)6-4-5-7-13/h10,14H,4-9H2,1-3H3,(H,15,16). The number of nitrogens with one attached hydrogen (secondary N) is 2. The van der Waals surface area contributed by atoms with E-state index in [0.717, 1.165) is 13.0 Å². The number of hydrogen-bond acceptors (Lipinski definition) is 3. The molecule has 0 bridgehead atoms. The van der Waals surface area contributed by atoms with Gasteiger partial charge in [-0.2, -0.15) is 0 Å². The Balaban J connectivity index is 1.79. The van der Waals surface area contributed by atoms with Gasteiger partial charge in [-0.1, -0.05) is 12.8 Å². The number of alkyl carbamates (subject to hydrolysis) is 1. The molecule has 0 aromatic heterocycles. The van der Waals surface area contributed by atoms with Crippen LogP contribution in [0.4, 0.5) is 4.79 Å². The van der Waals surface area contributed by atoms with Gasteiger partial charge in [-0.25, -0.2) is 4.79 Å². The molecular weight excluding hydrogens is 216 g/mol. The Hall–Kier alpha value is -0.770. The molecule has 1 aliphatic heterocycles. The molecule has 2 N–H and O–H groups in total. The van der Waals surface area contributed by atoms with Gasteiger partial charge in [0.25, 0.3) is 0 Å². The van der Waals surface area contributed by atoms with E-state index >= 15 is 0 Å². The lowest BCUT2D eigenvalue weighted by Gasteiger charge is -2.24. The van der Waals surface area contributed by atoms with Crippen molar-refractivity contribution in [2.45, 2.75) is 70.1 Å². The van der Waals surface area contributed by atoms with E-state index < -0.39 is 5.60 Å². The highest BCUT2D eigenvalue weighted by Crippen LogP contribution is 2.36. The summed E-state index contributed by atoms with van der Waals surface area (Å²) in [6.07, 6.45) is 5.88. The second-order valence-electron chi connectivity index (χ2n) is 6.42. The molecule has 0 radical (unpaired) electrons. The Morgan fingerprint density at radius 2 is 2.00 bits per heavy atom. The Kier molecular flexibility index (Phi) is 3.34. The van der Waals surface area contributed by atoms with Crippen molar-refractivity contribution in [1.82, 2.24) is 10.6 Å². The van der Waals surface area contributed by atoms with Crippen molar-refractivity contribution >= 4 is 6.09 Å². The molecule has 1 unspecified atom stereocenters. The monoisotopic (exact) mass is 240 g/mol. The highest BCUT2D eigenvalue weighted by Gasteiger charge is 2.41. The molecule has 2 rings (SSSR count). The van der Waals surface area contributed by atoms with Crippen molar-refractivity contribution < 1.29 is 9.53 Å². The molecule has 4 heteroatoms. The van der Waals surface area contributed by atoms with E-state index in [1.54, 1.807) is 0 Å². The molecule has 1 saturated heterocycles. The van der Waals surface area contributed by atoms with Crippen LogP contribution in [0.1, 0.15) is 52.9 Å². The molecule has 17 heavy (non-hydrogen) atoms. The number of hydrogen-bond donors (Lipinski definition) is 2. The van der Waals surface area contributed by atoms with Gasteiger partial charge >= 0.3 is 6.09 Å². The van der Waals surface area contributed by atoms with Crippen LogP contribution in [-0.4, -0.2) is 29.8 Å². The third-order valence-electron chi connectivity index (χ3n) is 3.64. The van der Waals surface area contributed by atoms with Gasteiger partial charge in [0.1, 0.15) is 5.60 Å². The van der Waals surface area contributed by atoms with Gasteiger partial charge in [0, 0.05) is 18.1 Å². The Morgan fingerprint density at radius 1 is 1.35 bits per heavy atom. The van der Waals surface area contributed by atoms with Gasteiger partial charge < -0.3 is 15.4 Å². The van der Waals surface area contributed by atoms with Crippen molar-refractivity contribution in [2.24, 2.45) is 0 Å². The summed E-state index contributed by atoms with van der Waals surface area (Å²) in [7, 11) is 0. The summed E-state index contributed by atoms with van der Waals surface area (Å²) >= 11 is 0. The molecule has 1 aliphatic carbocycles. The van der Waals surface area contributed by atoms with E-state index in [2.05, 4.69) is 10.6 Å². The second-order valence-corrected chi connectivity index (χ2v) is 6.42. The quantitative estimate of drug-likeness (QED) is 0.738. The van der Waals surface area contributed by atoms with Crippen molar-refractivity contribution in [1.29, 1.82) is 0 Å². The predicted octanol–water partition coefficient (Wildman–Crippen LogP) is 2.19. The zero-order chi connectivity index (χ0) is 12.5. The Bertz CT molecular complexity index is 290. The van der Waals surface area contributed by atoms with Gasteiger partial charge in [-0.05, 0) is 40.0 Å². The SMILES string of the molecule is CC(C)(C)OC(=O)NC1CNC2(CCCC2)C1. The molecule has 2 aliphatic rings. The third kappa shape index (κ3) is 3.35. The zero-order valence-corrected chi connectivity index (χ0v) is 11.1.